The van der Waals surface area contributed by atoms with E-state index in [0.29, 0.717) is 36.9 Å². The predicted molar refractivity (Wildman–Crippen MR) is 142 cm³/mol. The van der Waals surface area contributed by atoms with Gasteiger partial charge in [0, 0.05) is 38.1 Å². The summed E-state index contributed by atoms with van der Waals surface area (Å²) in [5.41, 5.74) is -0.129. The Morgan fingerprint density at radius 2 is 1.70 bits per heavy atom. The number of alkyl halides is 3. The average Bonchev–Trinajstić information content (AvgIpc) is 2.87. The molecule has 40 heavy (non-hydrogen) atoms. The van der Waals surface area contributed by atoms with Gasteiger partial charge in [-0.25, -0.2) is 17.2 Å². The van der Waals surface area contributed by atoms with Gasteiger partial charge in [-0.3, -0.25) is 4.90 Å². The molecular weight excluding hydrogens is 553 g/mol. The van der Waals surface area contributed by atoms with Crippen LogP contribution in [0.25, 0.3) is 0 Å². The van der Waals surface area contributed by atoms with E-state index < -0.39 is 27.4 Å². The Kier molecular flexibility index (Phi) is 10.7. The molecule has 3 aromatic carbocycles. The van der Waals surface area contributed by atoms with E-state index in [1.54, 1.807) is 24.3 Å². The van der Waals surface area contributed by atoms with E-state index in [0.717, 1.165) is 11.8 Å². The molecule has 0 aromatic heterocycles. The van der Waals surface area contributed by atoms with Crippen molar-refractivity contribution in [2.45, 2.75) is 43.3 Å². The van der Waals surface area contributed by atoms with Gasteiger partial charge in [0.2, 0.25) is 0 Å². The first-order chi connectivity index (χ1) is 18.8. The van der Waals surface area contributed by atoms with E-state index in [1.807, 2.05) is 11.8 Å². The lowest BCUT2D eigenvalue weighted by atomic mass is 10.00. The largest absolute Gasteiger partial charge is 0.494 e. The third-order valence-electron chi connectivity index (χ3n) is 6.46. The van der Waals surface area contributed by atoms with Crippen LogP contribution < -0.4 is 4.74 Å². The van der Waals surface area contributed by atoms with Gasteiger partial charge in [0.15, 0.2) is 9.84 Å². The molecule has 0 saturated heterocycles. The van der Waals surface area contributed by atoms with E-state index in [9.17, 15) is 35.5 Å². The van der Waals surface area contributed by atoms with Gasteiger partial charge in [-0.1, -0.05) is 37.3 Å². The molecule has 1 unspecified atom stereocenters. The monoisotopic (exact) mass is 585 g/mol. The average molecular weight is 586 g/mol. The fraction of sp³-hybridized carbons (Fsp3) is 0.379. The molecule has 0 spiro atoms. The summed E-state index contributed by atoms with van der Waals surface area (Å²) in [6.45, 7) is 2.45. The minimum Gasteiger partial charge on any atom is -0.494 e. The van der Waals surface area contributed by atoms with Crippen LogP contribution in [0.4, 0.5) is 22.0 Å². The topological polar surface area (TPSA) is 66.8 Å². The molecule has 0 heterocycles. The number of aliphatic hydroxyl groups is 1. The van der Waals surface area contributed by atoms with Crippen LogP contribution in [-0.4, -0.2) is 51.0 Å². The molecule has 0 aliphatic heterocycles. The molecule has 0 amide bonds. The number of halogens is 5. The molecule has 1 N–H and O–H groups in total. The van der Waals surface area contributed by atoms with Crippen molar-refractivity contribution in [3.63, 3.8) is 0 Å². The Hall–Kier alpha value is -3.02. The first-order valence-corrected chi connectivity index (χ1v) is 14.6. The molecule has 11 heteroatoms. The van der Waals surface area contributed by atoms with E-state index in [-0.39, 0.29) is 48.4 Å². The highest BCUT2D eigenvalue weighted by atomic mass is 32.2. The molecule has 218 valence electrons. The lowest BCUT2D eigenvalue weighted by Gasteiger charge is -2.27. The SMILES string of the molecule is CC(CN(CCCOc1ccc(CCO)c(S(C)(=O)=O)c1)Cc1cccc(C(F)(F)F)c1F)c1ccc(F)cc1. The van der Waals surface area contributed by atoms with Gasteiger partial charge < -0.3 is 9.84 Å². The summed E-state index contributed by atoms with van der Waals surface area (Å²) in [5, 5.41) is 9.20. The van der Waals surface area contributed by atoms with Gasteiger partial charge in [0.05, 0.1) is 17.1 Å². The van der Waals surface area contributed by atoms with Crippen LogP contribution in [-0.2, 0) is 29.0 Å². The number of benzene rings is 3. The van der Waals surface area contributed by atoms with Gasteiger partial charge in [0.1, 0.15) is 17.4 Å². The van der Waals surface area contributed by atoms with Crippen LogP contribution >= 0.6 is 0 Å². The Bertz CT molecular complexity index is 1380. The summed E-state index contributed by atoms with van der Waals surface area (Å²) in [5.74, 6) is -1.52. The minimum atomic E-state index is -4.82. The van der Waals surface area contributed by atoms with E-state index >= 15 is 0 Å². The first-order valence-electron chi connectivity index (χ1n) is 12.7. The van der Waals surface area contributed by atoms with Crippen molar-refractivity contribution >= 4 is 9.84 Å². The van der Waals surface area contributed by atoms with Crippen LogP contribution in [0.15, 0.2) is 65.6 Å². The quantitative estimate of drug-likeness (QED) is 0.197. The maximum absolute atomic E-state index is 14.8. The zero-order chi connectivity index (χ0) is 29.5. The second-order valence-electron chi connectivity index (χ2n) is 9.68. The van der Waals surface area contributed by atoms with Crippen molar-refractivity contribution in [2.24, 2.45) is 0 Å². The maximum atomic E-state index is 14.8. The Morgan fingerprint density at radius 1 is 1.00 bits per heavy atom. The molecule has 1 atom stereocenters. The second-order valence-corrected chi connectivity index (χ2v) is 11.7. The van der Waals surface area contributed by atoms with Crippen LogP contribution in [0.3, 0.4) is 0 Å². The molecule has 3 aromatic rings. The van der Waals surface area contributed by atoms with Gasteiger partial charge >= 0.3 is 6.18 Å². The fourth-order valence-corrected chi connectivity index (χ4v) is 5.43. The van der Waals surface area contributed by atoms with Crippen molar-refractivity contribution in [1.82, 2.24) is 4.90 Å². The number of nitrogens with zero attached hydrogens (tertiary/aromatic N) is 1. The molecule has 0 saturated carbocycles. The summed E-state index contributed by atoms with van der Waals surface area (Å²) in [6, 6.07) is 13.7. The zero-order valence-corrected chi connectivity index (χ0v) is 23.0. The molecule has 0 aliphatic carbocycles. The van der Waals surface area contributed by atoms with Crippen LogP contribution in [0.5, 0.6) is 5.75 Å². The number of aliphatic hydroxyl groups excluding tert-OH is 1. The standard InChI is InChI=1S/C29H32F5NO4S/c1-20(21-7-10-24(30)11-8-21)18-35(19-23-5-3-6-26(28(23)31)29(32,33)34)14-4-16-39-25-12-9-22(13-15-36)27(17-25)40(2,37)38/h3,5-12,17,20,36H,4,13-16,18-19H2,1-2H3. The van der Waals surface area contributed by atoms with Gasteiger partial charge in [-0.15, -0.1) is 0 Å². The van der Waals surface area contributed by atoms with Crippen molar-refractivity contribution < 1.29 is 40.2 Å². The van der Waals surface area contributed by atoms with Crippen molar-refractivity contribution in [3.05, 3.63) is 94.6 Å². The second kappa shape index (κ2) is 13.6. The third-order valence-corrected chi connectivity index (χ3v) is 7.63. The number of hydrogen-bond acceptors (Lipinski definition) is 5. The maximum Gasteiger partial charge on any atom is 0.419 e. The summed E-state index contributed by atoms with van der Waals surface area (Å²) in [4.78, 5) is 1.87. The highest BCUT2D eigenvalue weighted by molar-refractivity contribution is 7.90. The lowest BCUT2D eigenvalue weighted by Crippen LogP contribution is -2.30. The van der Waals surface area contributed by atoms with Crippen molar-refractivity contribution in [1.29, 1.82) is 0 Å². The van der Waals surface area contributed by atoms with Crippen molar-refractivity contribution in [2.75, 3.05) is 32.6 Å². The van der Waals surface area contributed by atoms with E-state index in [1.165, 1.54) is 30.3 Å². The summed E-state index contributed by atoms with van der Waals surface area (Å²) in [7, 11) is -3.56. The number of hydrogen-bond donors (Lipinski definition) is 1. The lowest BCUT2D eigenvalue weighted by molar-refractivity contribution is -0.140. The molecule has 0 radical (unpaired) electrons. The molecule has 0 fully saturated rings. The summed E-state index contributed by atoms with van der Waals surface area (Å²) in [6.07, 6.45) is -3.17. The van der Waals surface area contributed by atoms with Gasteiger partial charge in [-0.2, -0.15) is 13.2 Å². The Labute approximate surface area is 231 Å². The first kappa shape index (κ1) is 31.5. The highest BCUT2D eigenvalue weighted by Crippen LogP contribution is 2.33. The summed E-state index contributed by atoms with van der Waals surface area (Å²) >= 11 is 0. The van der Waals surface area contributed by atoms with Crippen LogP contribution in [0.2, 0.25) is 0 Å². The predicted octanol–water partition coefficient (Wildman–Crippen LogP) is 6.00. The van der Waals surface area contributed by atoms with Gasteiger partial charge in [0.25, 0.3) is 0 Å². The Morgan fingerprint density at radius 3 is 2.33 bits per heavy atom. The molecule has 0 aliphatic rings. The fourth-order valence-electron chi connectivity index (χ4n) is 4.46. The molecule has 3 rings (SSSR count). The van der Waals surface area contributed by atoms with Crippen LogP contribution in [0.1, 0.15) is 41.5 Å². The zero-order valence-electron chi connectivity index (χ0n) is 22.2. The molecular formula is C29H32F5NO4S. The minimum absolute atomic E-state index is 0.0637. The Balaban J connectivity index is 1.74. The van der Waals surface area contributed by atoms with Crippen LogP contribution in [0, 0.1) is 11.6 Å². The smallest absolute Gasteiger partial charge is 0.419 e. The summed E-state index contributed by atoms with van der Waals surface area (Å²) < 4.78 is 98.0. The highest BCUT2D eigenvalue weighted by Gasteiger charge is 2.35. The number of ether oxygens (including phenoxy) is 1. The van der Waals surface area contributed by atoms with E-state index in [2.05, 4.69) is 0 Å². The number of rotatable bonds is 13. The molecule has 5 nitrogen and oxygen atoms in total. The van der Waals surface area contributed by atoms with Gasteiger partial charge in [-0.05, 0) is 60.2 Å². The van der Waals surface area contributed by atoms with E-state index in [4.69, 9.17) is 4.74 Å². The van der Waals surface area contributed by atoms with Crippen molar-refractivity contribution in [3.8, 4) is 5.75 Å². The third kappa shape index (κ3) is 8.74. The molecule has 0 bridgehead atoms. The normalized spacial score (nSPS) is 13.0. The number of sulfone groups is 1.